The fourth-order valence-electron chi connectivity index (χ4n) is 2.30. The summed E-state index contributed by atoms with van der Waals surface area (Å²) in [6.45, 7) is 3.92. The van der Waals surface area contributed by atoms with E-state index >= 15 is 0 Å². The molecule has 0 aromatic heterocycles. The van der Waals surface area contributed by atoms with Crippen LogP contribution in [0.4, 0.5) is 0 Å². The molecule has 2 aromatic carbocycles. The van der Waals surface area contributed by atoms with Crippen molar-refractivity contribution in [3.05, 3.63) is 65.7 Å². The average Bonchev–Trinajstić information content (AvgIpc) is 2.60. The molecular formula is C19H23NO2S. The smallest absolute Gasteiger partial charge is 0.233 e. The molecule has 23 heavy (non-hydrogen) atoms. The molecule has 2 rings (SSSR count). The fourth-order valence-corrected chi connectivity index (χ4v) is 3.16. The van der Waals surface area contributed by atoms with Gasteiger partial charge in [-0.1, -0.05) is 48.5 Å². The molecule has 2 atom stereocenters. The maximum Gasteiger partial charge on any atom is 0.233 e. The van der Waals surface area contributed by atoms with E-state index in [0.717, 1.165) is 17.1 Å². The summed E-state index contributed by atoms with van der Waals surface area (Å²) in [4.78, 5) is 12.4. The second-order valence-corrected chi connectivity index (χ2v) is 6.74. The number of para-hydroxylation sites is 1. The number of nitrogens with one attached hydrogen (secondary N) is 1. The molecule has 122 valence electrons. The lowest BCUT2D eigenvalue weighted by Crippen LogP contribution is -2.33. The van der Waals surface area contributed by atoms with E-state index in [1.54, 1.807) is 18.9 Å². The molecule has 0 saturated carbocycles. The molecule has 0 saturated heterocycles. The van der Waals surface area contributed by atoms with Crippen molar-refractivity contribution in [1.82, 2.24) is 5.32 Å². The summed E-state index contributed by atoms with van der Waals surface area (Å²) in [5.41, 5.74) is 2.22. The van der Waals surface area contributed by atoms with Crippen LogP contribution in [0.3, 0.4) is 0 Å². The summed E-state index contributed by atoms with van der Waals surface area (Å²) < 4.78 is 5.36. The van der Waals surface area contributed by atoms with Crippen molar-refractivity contribution >= 4 is 17.7 Å². The summed E-state index contributed by atoms with van der Waals surface area (Å²) in [6.07, 6.45) is 0. The molecule has 0 spiro atoms. The van der Waals surface area contributed by atoms with Gasteiger partial charge in [-0.3, -0.25) is 4.79 Å². The minimum absolute atomic E-state index is 0.0457. The molecule has 0 aliphatic rings. The lowest BCUT2D eigenvalue weighted by Gasteiger charge is -2.19. The van der Waals surface area contributed by atoms with Crippen LogP contribution in [0.1, 0.15) is 31.0 Å². The van der Waals surface area contributed by atoms with Gasteiger partial charge in [-0.15, -0.1) is 11.8 Å². The summed E-state index contributed by atoms with van der Waals surface area (Å²) in [7, 11) is 1.64. The number of rotatable bonds is 7. The number of thioether (sulfide) groups is 1. The van der Waals surface area contributed by atoms with E-state index in [4.69, 9.17) is 4.74 Å². The van der Waals surface area contributed by atoms with Gasteiger partial charge in [0.2, 0.25) is 5.91 Å². The van der Waals surface area contributed by atoms with E-state index in [1.165, 1.54) is 5.56 Å². The highest BCUT2D eigenvalue weighted by Gasteiger charge is 2.18. The average molecular weight is 329 g/mol. The van der Waals surface area contributed by atoms with E-state index < -0.39 is 0 Å². The molecule has 1 amide bonds. The van der Waals surface area contributed by atoms with Crippen LogP contribution in [0.5, 0.6) is 5.75 Å². The Morgan fingerprint density at radius 1 is 1.09 bits per heavy atom. The molecule has 0 heterocycles. The molecule has 0 aliphatic carbocycles. The van der Waals surface area contributed by atoms with Gasteiger partial charge in [0, 0.05) is 11.3 Å². The van der Waals surface area contributed by atoms with Crippen LogP contribution in [-0.2, 0) is 10.5 Å². The fraction of sp³-hybridized carbons (Fsp3) is 0.316. The first-order valence-electron chi connectivity index (χ1n) is 7.70. The van der Waals surface area contributed by atoms with Crippen molar-refractivity contribution in [1.29, 1.82) is 0 Å². The zero-order valence-electron chi connectivity index (χ0n) is 13.8. The Labute approximate surface area is 142 Å². The summed E-state index contributed by atoms with van der Waals surface area (Å²) in [6, 6.07) is 17.9. The third-order valence-electron chi connectivity index (χ3n) is 3.68. The quantitative estimate of drug-likeness (QED) is 0.827. The molecule has 0 aliphatic heterocycles. The maximum absolute atomic E-state index is 12.4. The topological polar surface area (TPSA) is 38.3 Å². The normalized spacial score (nSPS) is 13.2. The third-order valence-corrected chi connectivity index (χ3v) is 4.89. The van der Waals surface area contributed by atoms with Crippen LogP contribution in [0.15, 0.2) is 54.6 Å². The molecular weight excluding hydrogens is 306 g/mol. The van der Waals surface area contributed by atoms with Crippen LogP contribution in [-0.4, -0.2) is 18.3 Å². The van der Waals surface area contributed by atoms with Crippen LogP contribution in [0, 0.1) is 0 Å². The predicted molar refractivity (Wildman–Crippen MR) is 96.8 cm³/mol. The largest absolute Gasteiger partial charge is 0.496 e. The minimum atomic E-state index is -0.104. The van der Waals surface area contributed by atoms with E-state index in [1.807, 2.05) is 56.3 Å². The summed E-state index contributed by atoms with van der Waals surface area (Å²) in [5.74, 6) is 1.67. The molecule has 1 N–H and O–H groups in total. The standard InChI is InChI=1S/C19H23NO2S/c1-14(17-11-7-8-12-18(17)22-3)20-19(21)15(2)23-13-16-9-5-4-6-10-16/h4-12,14-15H,13H2,1-3H3,(H,20,21)/t14-,15+/m0/s1. The highest BCUT2D eigenvalue weighted by Crippen LogP contribution is 2.25. The third kappa shape index (κ3) is 5.03. The number of hydrogen-bond donors (Lipinski definition) is 1. The Hall–Kier alpha value is -1.94. The van der Waals surface area contributed by atoms with Crippen LogP contribution < -0.4 is 10.1 Å². The Bertz CT molecular complexity index is 630. The second-order valence-electron chi connectivity index (χ2n) is 5.41. The van der Waals surface area contributed by atoms with Crippen LogP contribution in [0.2, 0.25) is 0 Å². The molecule has 0 radical (unpaired) electrons. The van der Waals surface area contributed by atoms with Crippen molar-refractivity contribution in [2.75, 3.05) is 7.11 Å². The number of methoxy groups -OCH3 is 1. The first-order valence-corrected chi connectivity index (χ1v) is 8.75. The van der Waals surface area contributed by atoms with Crippen molar-refractivity contribution < 1.29 is 9.53 Å². The van der Waals surface area contributed by atoms with Crippen molar-refractivity contribution in [3.8, 4) is 5.75 Å². The van der Waals surface area contributed by atoms with Crippen LogP contribution in [0.25, 0.3) is 0 Å². The van der Waals surface area contributed by atoms with Gasteiger partial charge in [0.05, 0.1) is 18.4 Å². The predicted octanol–water partition coefficient (Wildman–Crippen LogP) is 4.19. The van der Waals surface area contributed by atoms with Gasteiger partial charge in [-0.25, -0.2) is 0 Å². The monoisotopic (exact) mass is 329 g/mol. The number of amides is 1. The van der Waals surface area contributed by atoms with Crippen molar-refractivity contribution in [2.45, 2.75) is 30.9 Å². The van der Waals surface area contributed by atoms with Crippen molar-refractivity contribution in [2.24, 2.45) is 0 Å². The Morgan fingerprint density at radius 2 is 1.74 bits per heavy atom. The molecule has 3 nitrogen and oxygen atoms in total. The number of hydrogen-bond acceptors (Lipinski definition) is 3. The molecule has 4 heteroatoms. The zero-order chi connectivity index (χ0) is 16.7. The van der Waals surface area contributed by atoms with Gasteiger partial charge in [0.25, 0.3) is 0 Å². The van der Waals surface area contributed by atoms with Gasteiger partial charge < -0.3 is 10.1 Å². The number of ether oxygens (including phenoxy) is 1. The lowest BCUT2D eigenvalue weighted by atomic mass is 10.1. The summed E-state index contributed by atoms with van der Waals surface area (Å²) in [5, 5.41) is 2.96. The number of benzene rings is 2. The second kappa shape index (κ2) is 8.63. The van der Waals surface area contributed by atoms with E-state index in [0.29, 0.717) is 0 Å². The number of carbonyl (C=O) groups is 1. The SMILES string of the molecule is COc1ccccc1[C@H](C)NC(=O)[C@@H](C)SCc1ccccc1. The molecule has 0 bridgehead atoms. The first kappa shape index (κ1) is 17.4. The molecule has 2 aromatic rings. The van der Waals surface area contributed by atoms with Crippen LogP contribution >= 0.6 is 11.8 Å². The van der Waals surface area contributed by atoms with E-state index in [-0.39, 0.29) is 17.2 Å². The van der Waals surface area contributed by atoms with E-state index in [9.17, 15) is 4.79 Å². The Morgan fingerprint density at radius 3 is 2.43 bits per heavy atom. The minimum Gasteiger partial charge on any atom is -0.496 e. The Balaban J connectivity index is 1.90. The molecule has 0 unspecified atom stereocenters. The van der Waals surface area contributed by atoms with Gasteiger partial charge in [-0.2, -0.15) is 0 Å². The highest BCUT2D eigenvalue weighted by atomic mass is 32.2. The van der Waals surface area contributed by atoms with Gasteiger partial charge in [-0.05, 0) is 25.5 Å². The summed E-state index contributed by atoms with van der Waals surface area (Å²) >= 11 is 1.64. The Kier molecular flexibility index (Phi) is 6.53. The van der Waals surface area contributed by atoms with Crippen molar-refractivity contribution in [3.63, 3.8) is 0 Å². The van der Waals surface area contributed by atoms with Gasteiger partial charge in [0.15, 0.2) is 0 Å². The first-order chi connectivity index (χ1) is 11.1. The molecule has 0 fully saturated rings. The van der Waals surface area contributed by atoms with E-state index in [2.05, 4.69) is 17.4 Å². The highest BCUT2D eigenvalue weighted by molar-refractivity contribution is 7.99. The lowest BCUT2D eigenvalue weighted by molar-refractivity contribution is -0.120. The number of carbonyl (C=O) groups excluding carboxylic acids is 1. The van der Waals surface area contributed by atoms with Gasteiger partial charge in [0.1, 0.15) is 5.75 Å². The zero-order valence-corrected chi connectivity index (χ0v) is 14.6. The van der Waals surface area contributed by atoms with Gasteiger partial charge >= 0.3 is 0 Å². The maximum atomic E-state index is 12.4.